The minimum absolute atomic E-state index is 0.0257. The number of carbonyl (C=O) groups is 1. The molecule has 3 rings (SSSR count). The van der Waals surface area contributed by atoms with Crippen molar-refractivity contribution in [2.24, 2.45) is 11.1 Å². The number of hydrogen-bond donors (Lipinski definition) is 2. The number of nitrogens with zero attached hydrogens (tertiary/aromatic N) is 1. The highest BCUT2D eigenvalue weighted by molar-refractivity contribution is 7.89. The highest BCUT2D eigenvalue weighted by Crippen LogP contribution is 2.35. The van der Waals surface area contributed by atoms with Gasteiger partial charge in [0.05, 0.1) is 4.90 Å². The van der Waals surface area contributed by atoms with E-state index in [2.05, 4.69) is 29.3 Å². The van der Waals surface area contributed by atoms with Crippen LogP contribution in [0.5, 0.6) is 0 Å². The van der Waals surface area contributed by atoms with Gasteiger partial charge >= 0.3 is 0 Å². The Balaban J connectivity index is 1.57. The van der Waals surface area contributed by atoms with Gasteiger partial charge in [0.2, 0.25) is 15.9 Å². The molecule has 6 nitrogen and oxygen atoms in total. The van der Waals surface area contributed by atoms with Crippen LogP contribution in [0.15, 0.2) is 59.5 Å². The number of nitrogens with two attached hydrogens (primary N) is 1. The molecule has 1 aliphatic rings. The molecular weight excluding hydrogens is 374 g/mol. The average molecular weight is 402 g/mol. The molecule has 1 unspecified atom stereocenters. The summed E-state index contributed by atoms with van der Waals surface area (Å²) in [7, 11) is -3.73. The largest absolute Gasteiger partial charge is 0.326 e. The van der Waals surface area contributed by atoms with Gasteiger partial charge in [-0.1, -0.05) is 30.3 Å². The highest BCUT2D eigenvalue weighted by Gasteiger charge is 2.32. The fraction of sp³-hybridized carbons (Fsp3) is 0.381. The molecule has 2 aromatic rings. The van der Waals surface area contributed by atoms with Crippen molar-refractivity contribution in [3.05, 3.63) is 60.2 Å². The molecule has 0 aromatic heterocycles. The van der Waals surface area contributed by atoms with E-state index in [0.717, 1.165) is 12.5 Å². The molecule has 1 saturated carbocycles. The summed E-state index contributed by atoms with van der Waals surface area (Å²) in [5.41, 5.74) is 1.80. The van der Waals surface area contributed by atoms with Crippen molar-refractivity contribution in [2.75, 3.05) is 11.9 Å². The summed E-state index contributed by atoms with van der Waals surface area (Å²) in [5, 5.41) is 7.91. The number of hydrogen-bond acceptors (Lipinski definition) is 4. The van der Waals surface area contributed by atoms with Gasteiger partial charge in [-0.05, 0) is 55.5 Å². The third-order valence-electron chi connectivity index (χ3n) is 5.20. The summed E-state index contributed by atoms with van der Waals surface area (Å²) in [6.45, 7) is 3.74. The summed E-state index contributed by atoms with van der Waals surface area (Å²) in [6.07, 6.45) is 2.89. The van der Waals surface area contributed by atoms with Crippen molar-refractivity contribution in [3.8, 4) is 0 Å². The maximum Gasteiger partial charge on any atom is 0.238 e. The molecule has 1 fully saturated rings. The van der Waals surface area contributed by atoms with Crippen LogP contribution in [0, 0.1) is 5.92 Å². The molecule has 1 amide bonds. The Bertz CT molecular complexity index is 894. The first-order valence-corrected chi connectivity index (χ1v) is 11.1. The van der Waals surface area contributed by atoms with E-state index in [1.54, 1.807) is 12.1 Å². The van der Waals surface area contributed by atoms with Crippen LogP contribution in [0.1, 0.15) is 31.7 Å². The number of nitrogens with one attached hydrogen (secondary N) is 1. The summed E-state index contributed by atoms with van der Waals surface area (Å²) in [4.78, 5) is 14.8. The zero-order valence-corrected chi connectivity index (χ0v) is 16.9. The Labute approximate surface area is 166 Å². The Morgan fingerprint density at radius 2 is 1.79 bits per heavy atom. The van der Waals surface area contributed by atoms with Gasteiger partial charge in [-0.2, -0.15) is 0 Å². The maximum absolute atomic E-state index is 12.4. The highest BCUT2D eigenvalue weighted by atomic mass is 32.2. The van der Waals surface area contributed by atoms with E-state index in [1.807, 2.05) is 18.2 Å². The lowest BCUT2D eigenvalue weighted by atomic mass is 10.1. The van der Waals surface area contributed by atoms with E-state index < -0.39 is 10.0 Å². The molecule has 0 radical (unpaired) electrons. The van der Waals surface area contributed by atoms with Gasteiger partial charge in [-0.3, -0.25) is 9.69 Å². The molecule has 0 heterocycles. The smallest absolute Gasteiger partial charge is 0.238 e. The number of amides is 1. The monoisotopic (exact) mass is 401 g/mol. The van der Waals surface area contributed by atoms with Gasteiger partial charge in [-0.15, -0.1) is 0 Å². The zero-order valence-electron chi connectivity index (χ0n) is 16.0. The molecule has 28 heavy (non-hydrogen) atoms. The van der Waals surface area contributed by atoms with E-state index in [1.165, 1.54) is 30.5 Å². The minimum atomic E-state index is -3.73. The number of carbonyl (C=O) groups excluding carboxylic acids is 1. The average Bonchev–Trinajstić information content (AvgIpc) is 3.50. The number of rotatable bonds is 9. The lowest BCUT2D eigenvalue weighted by Gasteiger charge is -2.29. The van der Waals surface area contributed by atoms with E-state index >= 15 is 0 Å². The number of sulfonamides is 1. The molecule has 3 N–H and O–H groups in total. The minimum Gasteiger partial charge on any atom is -0.326 e. The first kappa shape index (κ1) is 20.5. The molecule has 7 heteroatoms. The van der Waals surface area contributed by atoms with Gasteiger partial charge < -0.3 is 5.32 Å². The van der Waals surface area contributed by atoms with Crippen molar-refractivity contribution in [2.45, 2.75) is 43.7 Å². The molecule has 0 saturated heterocycles. The van der Waals surface area contributed by atoms with Crippen molar-refractivity contribution in [1.82, 2.24) is 4.90 Å². The summed E-state index contributed by atoms with van der Waals surface area (Å²) < 4.78 is 22.6. The van der Waals surface area contributed by atoms with Crippen LogP contribution in [-0.4, -0.2) is 31.8 Å². The standard InChI is InChI=1S/C21H27N3O3S/c1-16(18-7-8-18)24(15-17-5-3-2-4-6-17)14-13-21(25)23-19-9-11-20(12-10-19)28(22,26)27/h2-6,9-12,16,18H,7-8,13-15H2,1H3,(H,23,25)(H2,22,26,27). The molecule has 0 aliphatic heterocycles. The van der Waals surface area contributed by atoms with Crippen molar-refractivity contribution in [3.63, 3.8) is 0 Å². The van der Waals surface area contributed by atoms with Crippen LogP contribution in [0.4, 0.5) is 5.69 Å². The lowest BCUT2D eigenvalue weighted by Crippen LogP contribution is -2.36. The van der Waals surface area contributed by atoms with E-state index in [9.17, 15) is 13.2 Å². The number of anilines is 1. The lowest BCUT2D eigenvalue weighted by molar-refractivity contribution is -0.116. The second kappa shape index (κ2) is 8.86. The van der Waals surface area contributed by atoms with Crippen molar-refractivity contribution >= 4 is 21.6 Å². The molecule has 2 aromatic carbocycles. The van der Waals surface area contributed by atoms with E-state index in [0.29, 0.717) is 24.7 Å². The Kier molecular flexibility index (Phi) is 6.49. The molecule has 1 atom stereocenters. The molecular formula is C21H27N3O3S. The third kappa shape index (κ3) is 5.89. The fourth-order valence-corrected chi connectivity index (χ4v) is 3.83. The van der Waals surface area contributed by atoms with Crippen LogP contribution in [0.3, 0.4) is 0 Å². The predicted molar refractivity (Wildman–Crippen MR) is 110 cm³/mol. The Hall–Kier alpha value is -2.22. The summed E-state index contributed by atoms with van der Waals surface area (Å²) in [6, 6.07) is 16.6. The Morgan fingerprint density at radius 3 is 2.36 bits per heavy atom. The SMILES string of the molecule is CC(C1CC1)N(CCC(=O)Nc1ccc(S(N)(=O)=O)cc1)Cc1ccccc1. The van der Waals surface area contributed by atoms with Crippen LogP contribution >= 0.6 is 0 Å². The number of benzene rings is 2. The van der Waals surface area contributed by atoms with E-state index in [4.69, 9.17) is 5.14 Å². The Morgan fingerprint density at radius 1 is 1.14 bits per heavy atom. The van der Waals surface area contributed by atoms with Crippen LogP contribution in [0.2, 0.25) is 0 Å². The summed E-state index contributed by atoms with van der Waals surface area (Å²) in [5.74, 6) is 0.627. The first-order chi connectivity index (χ1) is 13.3. The second-order valence-corrected chi connectivity index (χ2v) is 8.96. The van der Waals surface area contributed by atoms with Crippen molar-refractivity contribution < 1.29 is 13.2 Å². The van der Waals surface area contributed by atoms with Gasteiger partial charge in [0.25, 0.3) is 0 Å². The summed E-state index contributed by atoms with van der Waals surface area (Å²) >= 11 is 0. The van der Waals surface area contributed by atoms with E-state index in [-0.39, 0.29) is 10.8 Å². The normalized spacial score (nSPS) is 15.4. The topological polar surface area (TPSA) is 92.5 Å². The number of primary sulfonamides is 1. The maximum atomic E-state index is 12.4. The van der Waals surface area contributed by atoms with Gasteiger partial charge in [0.1, 0.15) is 0 Å². The predicted octanol–water partition coefficient (Wildman–Crippen LogP) is 2.96. The molecule has 0 spiro atoms. The fourth-order valence-electron chi connectivity index (χ4n) is 3.32. The first-order valence-electron chi connectivity index (χ1n) is 9.53. The molecule has 0 bridgehead atoms. The second-order valence-electron chi connectivity index (χ2n) is 7.40. The quantitative estimate of drug-likeness (QED) is 0.676. The van der Waals surface area contributed by atoms with Crippen LogP contribution in [0.25, 0.3) is 0 Å². The van der Waals surface area contributed by atoms with Gasteiger partial charge in [0.15, 0.2) is 0 Å². The van der Waals surface area contributed by atoms with Gasteiger partial charge in [0, 0.05) is 31.2 Å². The molecule has 1 aliphatic carbocycles. The molecule has 150 valence electrons. The zero-order chi connectivity index (χ0) is 20.1. The van der Waals surface area contributed by atoms with Crippen LogP contribution in [-0.2, 0) is 21.4 Å². The third-order valence-corrected chi connectivity index (χ3v) is 6.13. The van der Waals surface area contributed by atoms with Gasteiger partial charge in [-0.25, -0.2) is 13.6 Å². The van der Waals surface area contributed by atoms with Crippen LogP contribution < -0.4 is 10.5 Å². The van der Waals surface area contributed by atoms with Crippen molar-refractivity contribution in [1.29, 1.82) is 0 Å².